The first-order chi connectivity index (χ1) is 12.2. The molecule has 4 rings (SSSR count). The number of aromatic amines is 1. The van der Waals surface area contributed by atoms with Crippen LogP contribution in [0.5, 0.6) is 0 Å². The molecule has 2 aromatic rings. The summed E-state index contributed by atoms with van der Waals surface area (Å²) in [6.07, 6.45) is 3.34. The Labute approximate surface area is 146 Å². The van der Waals surface area contributed by atoms with Gasteiger partial charge >= 0.3 is 0 Å². The molecular formula is C18H23N5O2. The van der Waals surface area contributed by atoms with E-state index >= 15 is 0 Å². The van der Waals surface area contributed by atoms with Crippen molar-refractivity contribution in [2.45, 2.75) is 38.6 Å². The number of amides is 2. The molecule has 3 heterocycles. The number of fused-ring (bicyclic) bond motifs is 2. The second kappa shape index (κ2) is 6.46. The molecule has 132 valence electrons. The molecule has 1 N–H and O–H groups in total. The predicted molar refractivity (Wildman–Crippen MR) is 92.9 cm³/mol. The van der Waals surface area contributed by atoms with Crippen LogP contribution in [-0.4, -0.2) is 62.7 Å². The fraction of sp³-hybridized carbons (Fsp3) is 0.556. The van der Waals surface area contributed by atoms with Gasteiger partial charge in [0.2, 0.25) is 5.91 Å². The lowest BCUT2D eigenvalue weighted by Crippen LogP contribution is -2.57. The third-order valence-electron chi connectivity index (χ3n) is 5.46. The van der Waals surface area contributed by atoms with E-state index in [0.29, 0.717) is 36.0 Å². The Balaban J connectivity index is 1.49. The van der Waals surface area contributed by atoms with E-state index in [1.807, 2.05) is 17.0 Å². The molecule has 7 nitrogen and oxygen atoms in total. The Morgan fingerprint density at radius 1 is 1.28 bits per heavy atom. The predicted octanol–water partition coefficient (Wildman–Crippen LogP) is 1.82. The number of carbonyl (C=O) groups excluding carboxylic acids is 2. The molecule has 0 unspecified atom stereocenters. The summed E-state index contributed by atoms with van der Waals surface area (Å²) in [7, 11) is 0. The Kier molecular flexibility index (Phi) is 4.15. The van der Waals surface area contributed by atoms with Crippen LogP contribution in [0.4, 0.5) is 0 Å². The number of hydrogen-bond donors (Lipinski definition) is 1. The molecule has 2 fully saturated rings. The highest BCUT2D eigenvalue weighted by molar-refractivity contribution is 5.97. The molecule has 1 aromatic heterocycles. The van der Waals surface area contributed by atoms with Gasteiger partial charge in [-0.15, -0.1) is 0 Å². The van der Waals surface area contributed by atoms with Gasteiger partial charge in [0.1, 0.15) is 11.0 Å². The van der Waals surface area contributed by atoms with Crippen LogP contribution in [0.2, 0.25) is 0 Å². The summed E-state index contributed by atoms with van der Waals surface area (Å²) in [5, 5.41) is 10.7. The minimum Gasteiger partial charge on any atom is -0.339 e. The summed E-state index contributed by atoms with van der Waals surface area (Å²) in [4.78, 5) is 29.1. The van der Waals surface area contributed by atoms with Crippen LogP contribution in [0.25, 0.3) is 11.0 Å². The van der Waals surface area contributed by atoms with Crippen molar-refractivity contribution < 1.29 is 9.59 Å². The summed E-state index contributed by atoms with van der Waals surface area (Å²) in [6, 6.07) is 5.72. The maximum Gasteiger partial charge on any atom is 0.253 e. The molecular weight excluding hydrogens is 318 g/mol. The number of hydrogen-bond acceptors (Lipinski definition) is 4. The largest absolute Gasteiger partial charge is 0.339 e. The van der Waals surface area contributed by atoms with E-state index in [4.69, 9.17) is 0 Å². The van der Waals surface area contributed by atoms with Crippen LogP contribution in [0, 0.1) is 5.92 Å². The van der Waals surface area contributed by atoms with Crippen LogP contribution in [0.3, 0.4) is 0 Å². The number of nitrogens with one attached hydrogen (secondary N) is 1. The highest BCUT2D eigenvalue weighted by Gasteiger charge is 2.40. The molecule has 0 bridgehead atoms. The molecule has 0 spiro atoms. The molecule has 0 radical (unpaired) electrons. The van der Waals surface area contributed by atoms with Crippen molar-refractivity contribution >= 4 is 22.8 Å². The number of carbonyl (C=O) groups is 2. The Morgan fingerprint density at radius 2 is 2.12 bits per heavy atom. The van der Waals surface area contributed by atoms with Crippen molar-refractivity contribution in [1.29, 1.82) is 0 Å². The summed E-state index contributed by atoms with van der Waals surface area (Å²) in [6.45, 7) is 4.37. The standard InChI is InChI=1S/C18H23N5O2/c1-2-8-23-16-7-9-22(11-13(16)4-6-17(23)24)18(25)12-3-5-14-15(10-12)20-21-19-14/h3,5,10,13,16H,2,4,6-9,11H2,1H3,(H,19,20,21)/t13-,16+/m0/s1. The second-order valence-corrected chi connectivity index (χ2v) is 7.02. The number of piperidine rings is 2. The molecule has 25 heavy (non-hydrogen) atoms. The van der Waals surface area contributed by atoms with Gasteiger partial charge in [-0.05, 0) is 43.4 Å². The summed E-state index contributed by atoms with van der Waals surface area (Å²) in [5.74, 6) is 0.708. The van der Waals surface area contributed by atoms with E-state index in [1.165, 1.54) is 0 Å². The highest BCUT2D eigenvalue weighted by Crippen LogP contribution is 2.32. The number of likely N-dealkylation sites (tertiary alicyclic amines) is 2. The lowest BCUT2D eigenvalue weighted by molar-refractivity contribution is -0.140. The number of aromatic nitrogens is 3. The Bertz CT molecular complexity index is 802. The quantitative estimate of drug-likeness (QED) is 0.923. The molecule has 2 aliphatic heterocycles. The number of nitrogens with zero attached hydrogens (tertiary/aromatic N) is 4. The number of benzene rings is 1. The van der Waals surface area contributed by atoms with Gasteiger partial charge < -0.3 is 9.80 Å². The second-order valence-electron chi connectivity index (χ2n) is 7.02. The summed E-state index contributed by atoms with van der Waals surface area (Å²) >= 11 is 0. The van der Waals surface area contributed by atoms with Gasteiger partial charge in [0.05, 0.1) is 0 Å². The van der Waals surface area contributed by atoms with E-state index in [-0.39, 0.29) is 11.8 Å². The maximum atomic E-state index is 12.9. The first-order valence-corrected chi connectivity index (χ1v) is 9.06. The average Bonchev–Trinajstić information content (AvgIpc) is 3.11. The SMILES string of the molecule is CCCN1C(=O)CC[C@H]2CN(C(=O)c3ccc4n[nH]nc4c3)CC[C@H]21. The van der Waals surface area contributed by atoms with Gasteiger partial charge in [0, 0.05) is 37.7 Å². The minimum atomic E-state index is 0.0438. The van der Waals surface area contributed by atoms with Crippen LogP contribution in [0.1, 0.15) is 43.0 Å². The van der Waals surface area contributed by atoms with E-state index < -0.39 is 0 Å². The van der Waals surface area contributed by atoms with Gasteiger partial charge in [-0.1, -0.05) is 6.92 Å². The van der Waals surface area contributed by atoms with Crippen LogP contribution < -0.4 is 0 Å². The molecule has 2 saturated heterocycles. The fourth-order valence-electron chi connectivity index (χ4n) is 4.22. The van der Waals surface area contributed by atoms with Crippen molar-refractivity contribution in [3.05, 3.63) is 23.8 Å². The zero-order valence-electron chi connectivity index (χ0n) is 14.4. The first kappa shape index (κ1) is 16.1. The van der Waals surface area contributed by atoms with Crippen molar-refractivity contribution in [2.24, 2.45) is 5.92 Å². The fourth-order valence-corrected chi connectivity index (χ4v) is 4.22. The highest BCUT2D eigenvalue weighted by atomic mass is 16.2. The van der Waals surface area contributed by atoms with Gasteiger partial charge in [-0.25, -0.2) is 0 Å². The topological polar surface area (TPSA) is 82.2 Å². The van der Waals surface area contributed by atoms with Crippen molar-refractivity contribution in [2.75, 3.05) is 19.6 Å². The van der Waals surface area contributed by atoms with Crippen molar-refractivity contribution in [3.8, 4) is 0 Å². The van der Waals surface area contributed by atoms with Crippen LogP contribution in [-0.2, 0) is 4.79 Å². The first-order valence-electron chi connectivity index (χ1n) is 9.06. The zero-order valence-corrected chi connectivity index (χ0v) is 14.4. The normalized spacial score (nSPS) is 23.8. The van der Waals surface area contributed by atoms with E-state index in [2.05, 4.69) is 27.2 Å². The summed E-state index contributed by atoms with van der Waals surface area (Å²) in [5.41, 5.74) is 2.12. The summed E-state index contributed by atoms with van der Waals surface area (Å²) < 4.78 is 0. The van der Waals surface area contributed by atoms with E-state index in [1.54, 1.807) is 6.07 Å². The van der Waals surface area contributed by atoms with Gasteiger partial charge in [-0.3, -0.25) is 9.59 Å². The van der Waals surface area contributed by atoms with E-state index in [0.717, 1.165) is 37.9 Å². The van der Waals surface area contributed by atoms with Crippen molar-refractivity contribution in [1.82, 2.24) is 25.2 Å². The van der Waals surface area contributed by atoms with Crippen molar-refractivity contribution in [3.63, 3.8) is 0 Å². The van der Waals surface area contributed by atoms with Gasteiger partial charge in [-0.2, -0.15) is 15.4 Å². The molecule has 1 aromatic carbocycles. The third-order valence-corrected chi connectivity index (χ3v) is 5.46. The smallest absolute Gasteiger partial charge is 0.253 e. The number of rotatable bonds is 3. The lowest BCUT2D eigenvalue weighted by atomic mass is 9.83. The molecule has 0 aliphatic carbocycles. The molecule has 7 heteroatoms. The molecule has 0 saturated carbocycles. The third kappa shape index (κ3) is 2.88. The maximum absolute atomic E-state index is 12.9. The number of H-pyrrole nitrogens is 1. The average molecular weight is 341 g/mol. The zero-order chi connectivity index (χ0) is 17.4. The van der Waals surface area contributed by atoms with Crippen LogP contribution in [0.15, 0.2) is 18.2 Å². The lowest BCUT2D eigenvalue weighted by Gasteiger charge is -2.47. The molecule has 2 amide bonds. The Hall–Kier alpha value is -2.44. The molecule has 2 atom stereocenters. The molecule has 2 aliphatic rings. The Morgan fingerprint density at radius 3 is 2.96 bits per heavy atom. The van der Waals surface area contributed by atoms with Gasteiger partial charge in [0.15, 0.2) is 0 Å². The van der Waals surface area contributed by atoms with Crippen LogP contribution >= 0.6 is 0 Å². The van der Waals surface area contributed by atoms with E-state index in [9.17, 15) is 9.59 Å². The minimum absolute atomic E-state index is 0.0438. The monoisotopic (exact) mass is 341 g/mol. The van der Waals surface area contributed by atoms with Gasteiger partial charge in [0.25, 0.3) is 5.91 Å².